The van der Waals surface area contributed by atoms with Gasteiger partial charge in [-0.3, -0.25) is 0 Å². The van der Waals surface area contributed by atoms with Crippen LogP contribution in [0.3, 0.4) is 0 Å². The van der Waals surface area contributed by atoms with Gasteiger partial charge in [-0.15, -0.1) is 0 Å². The Hall–Kier alpha value is -1.85. The molecule has 5 heteroatoms. The van der Waals surface area contributed by atoms with Crippen LogP contribution in [0.25, 0.3) is 0 Å². The molecule has 0 radical (unpaired) electrons. The Morgan fingerprint density at radius 3 is 2.10 bits per heavy atom. The molecule has 2 aromatic carbocycles. The van der Waals surface area contributed by atoms with Crippen LogP contribution in [-0.4, -0.2) is 11.1 Å². The van der Waals surface area contributed by atoms with Gasteiger partial charge in [-0.05, 0) is 42.3 Å². The zero-order valence-electron chi connectivity index (χ0n) is 11.5. The molecule has 0 heterocycles. The van der Waals surface area contributed by atoms with Crippen LogP contribution in [0, 0.1) is 17.5 Å². The van der Waals surface area contributed by atoms with Crippen LogP contribution < -0.4 is 5.32 Å². The Morgan fingerprint density at radius 1 is 0.952 bits per heavy atom. The molecule has 2 N–H and O–H groups in total. The highest BCUT2D eigenvalue weighted by Crippen LogP contribution is 2.17. The highest BCUT2D eigenvalue weighted by molar-refractivity contribution is 5.20. The van der Waals surface area contributed by atoms with E-state index in [0.29, 0.717) is 11.1 Å². The maximum atomic E-state index is 13.1. The van der Waals surface area contributed by atoms with Gasteiger partial charge in [0, 0.05) is 18.7 Å². The van der Waals surface area contributed by atoms with E-state index in [0.717, 1.165) is 6.07 Å². The average molecular weight is 295 g/mol. The summed E-state index contributed by atoms with van der Waals surface area (Å²) in [6.07, 6.45) is -0.844. The van der Waals surface area contributed by atoms with Crippen molar-refractivity contribution in [3.63, 3.8) is 0 Å². The van der Waals surface area contributed by atoms with Crippen LogP contribution in [0.4, 0.5) is 13.2 Å². The number of aliphatic hydroxyl groups excluding tert-OH is 1. The number of halogens is 3. The van der Waals surface area contributed by atoms with Crippen LogP contribution in [0.5, 0.6) is 0 Å². The van der Waals surface area contributed by atoms with Gasteiger partial charge < -0.3 is 10.4 Å². The van der Waals surface area contributed by atoms with Crippen LogP contribution in [-0.2, 0) is 6.54 Å². The van der Waals surface area contributed by atoms with E-state index >= 15 is 0 Å². The Bertz CT molecular complexity index is 581. The lowest BCUT2D eigenvalue weighted by molar-refractivity contribution is 0.135. The largest absolute Gasteiger partial charge is 0.387 e. The number of benzene rings is 2. The van der Waals surface area contributed by atoms with Gasteiger partial charge in [0.05, 0.1) is 6.10 Å². The normalized spacial score (nSPS) is 14.0. The van der Waals surface area contributed by atoms with Gasteiger partial charge in [-0.2, -0.15) is 0 Å². The molecule has 0 fully saturated rings. The SMILES string of the molecule is CC(NCc1cc(F)cc(F)c1)C(O)c1ccc(F)cc1. The maximum absolute atomic E-state index is 13.1. The number of hydrogen-bond donors (Lipinski definition) is 2. The van der Waals surface area contributed by atoms with Gasteiger partial charge in [0.15, 0.2) is 0 Å². The Labute approximate surface area is 121 Å². The van der Waals surface area contributed by atoms with Crippen molar-refractivity contribution in [2.45, 2.75) is 25.6 Å². The van der Waals surface area contributed by atoms with E-state index in [1.165, 1.54) is 36.4 Å². The van der Waals surface area contributed by atoms with Gasteiger partial charge in [0.1, 0.15) is 17.5 Å². The summed E-state index contributed by atoms with van der Waals surface area (Å²) in [5, 5.41) is 13.1. The first-order valence-electron chi connectivity index (χ1n) is 6.57. The smallest absolute Gasteiger partial charge is 0.126 e. The molecule has 2 unspecified atom stereocenters. The molecule has 0 bridgehead atoms. The molecule has 0 aliphatic carbocycles. The molecule has 0 aromatic heterocycles. The molecule has 2 aromatic rings. The van der Waals surface area contributed by atoms with Crippen molar-refractivity contribution in [1.29, 1.82) is 0 Å². The number of hydrogen-bond acceptors (Lipinski definition) is 2. The monoisotopic (exact) mass is 295 g/mol. The van der Waals surface area contributed by atoms with Crippen molar-refractivity contribution < 1.29 is 18.3 Å². The molecule has 2 nitrogen and oxygen atoms in total. The van der Waals surface area contributed by atoms with Crippen molar-refractivity contribution in [3.8, 4) is 0 Å². The molecule has 2 atom stereocenters. The quantitative estimate of drug-likeness (QED) is 0.887. The molecule has 0 spiro atoms. The van der Waals surface area contributed by atoms with E-state index in [1.54, 1.807) is 6.92 Å². The van der Waals surface area contributed by atoms with Gasteiger partial charge in [0.2, 0.25) is 0 Å². The van der Waals surface area contributed by atoms with Crippen molar-refractivity contribution in [3.05, 3.63) is 71.0 Å². The Balaban J connectivity index is 1.97. The lowest BCUT2D eigenvalue weighted by atomic mass is 10.0. The molecule has 0 aliphatic rings. The molecule has 0 aliphatic heterocycles. The summed E-state index contributed by atoms with van der Waals surface area (Å²) >= 11 is 0. The minimum atomic E-state index is -0.844. The van der Waals surface area contributed by atoms with Crippen LogP contribution in [0.2, 0.25) is 0 Å². The van der Waals surface area contributed by atoms with Crippen LogP contribution in [0.15, 0.2) is 42.5 Å². The van der Waals surface area contributed by atoms with Crippen molar-refractivity contribution >= 4 is 0 Å². The second-order valence-electron chi connectivity index (χ2n) is 4.94. The molecule has 0 amide bonds. The van der Waals surface area contributed by atoms with E-state index in [2.05, 4.69) is 5.32 Å². The van der Waals surface area contributed by atoms with E-state index in [9.17, 15) is 18.3 Å². The number of rotatable bonds is 5. The van der Waals surface area contributed by atoms with Crippen molar-refractivity contribution in [2.24, 2.45) is 0 Å². The highest BCUT2D eigenvalue weighted by Gasteiger charge is 2.16. The van der Waals surface area contributed by atoms with Crippen molar-refractivity contribution in [2.75, 3.05) is 0 Å². The Kier molecular flexibility index (Phi) is 4.98. The minimum Gasteiger partial charge on any atom is -0.387 e. The zero-order valence-corrected chi connectivity index (χ0v) is 11.5. The third-order valence-corrected chi connectivity index (χ3v) is 3.24. The van der Waals surface area contributed by atoms with E-state index in [1.807, 2.05) is 0 Å². The number of aliphatic hydroxyl groups is 1. The van der Waals surface area contributed by atoms with Gasteiger partial charge >= 0.3 is 0 Å². The van der Waals surface area contributed by atoms with Gasteiger partial charge in [-0.1, -0.05) is 12.1 Å². The standard InChI is InChI=1S/C16H16F3NO/c1-10(16(21)12-2-4-13(17)5-3-12)20-9-11-6-14(18)8-15(19)7-11/h2-8,10,16,20-21H,9H2,1H3. The van der Waals surface area contributed by atoms with E-state index in [4.69, 9.17) is 0 Å². The van der Waals surface area contributed by atoms with E-state index < -0.39 is 17.7 Å². The molecule has 112 valence electrons. The maximum Gasteiger partial charge on any atom is 0.126 e. The predicted molar refractivity (Wildman–Crippen MR) is 74.0 cm³/mol. The second-order valence-corrected chi connectivity index (χ2v) is 4.94. The highest BCUT2D eigenvalue weighted by atomic mass is 19.1. The van der Waals surface area contributed by atoms with Crippen LogP contribution in [0.1, 0.15) is 24.2 Å². The first kappa shape index (κ1) is 15.5. The molecule has 21 heavy (non-hydrogen) atoms. The molecule has 0 saturated carbocycles. The van der Waals surface area contributed by atoms with E-state index in [-0.39, 0.29) is 18.4 Å². The van der Waals surface area contributed by atoms with Gasteiger partial charge in [-0.25, -0.2) is 13.2 Å². The van der Waals surface area contributed by atoms with Crippen molar-refractivity contribution in [1.82, 2.24) is 5.32 Å². The summed E-state index contributed by atoms with van der Waals surface area (Å²) in [6, 6.07) is 8.45. The summed E-state index contributed by atoms with van der Waals surface area (Å²) in [4.78, 5) is 0. The molecule has 2 rings (SSSR count). The first-order valence-corrected chi connectivity index (χ1v) is 6.57. The molecular formula is C16H16F3NO. The third kappa shape index (κ3) is 4.31. The lowest BCUT2D eigenvalue weighted by Gasteiger charge is -2.20. The summed E-state index contributed by atoms with van der Waals surface area (Å²) in [6.45, 7) is 1.96. The third-order valence-electron chi connectivity index (χ3n) is 3.24. The molecule has 0 saturated heterocycles. The topological polar surface area (TPSA) is 32.3 Å². The fourth-order valence-electron chi connectivity index (χ4n) is 2.05. The zero-order chi connectivity index (χ0) is 15.4. The fourth-order valence-corrected chi connectivity index (χ4v) is 2.05. The van der Waals surface area contributed by atoms with Gasteiger partial charge in [0.25, 0.3) is 0 Å². The summed E-state index contributed by atoms with van der Waals surface area (Å²) < 4.78 is 39.0. The predicted octanol–water partition coefficient (Wildman–Crippen LogP) is 3.32. The summed E-state index contributed by atoms with van der Waals surface area (Å²) in [5.41, 5.74) is 1.02. The Morgan fingerprint density at radius 2 is 1.52 bits per heavy atom. The summed E-state index contributed by atoms with van der Waals surface area (Å²) in [7, 11) is 0. The molecular weight excluding hydrogens is 279 g/mol. The van der Waals surface area contributed by atoms with Crippen LogP contribution >= 0.6 is 0 Å². The minimum absolute atomic E-state index is 0.216. The first-order chi connectivity index (χ1) is 9.95. The summed E-state index contributed by atoms with van der Waals surface area (Å²) in [5.74, 6) is -1.65. The lowest BCUT2D eigenvalue weighted by Crippen LogP contribution is -2.31. The average Bonchev–Trinajstić information content (AvgIpc) is 2.44. The fraction of sp³-hybridized carbons (Fsp3) is 0.250. The number of nitrogens with one attached hydrogen (secondary N) is 1. The second kappa shape index (κ2) is 6.74.